The van der Waals surface area contributed by atoms with Crippen molar-refractivity contribution < 1.29 is 14.7 Å². The van der Waals surface area contributed by atoms with Gasteiger partial charge in [0.1, 0.15) is 0 Å². The maximum absolute atomic E-state index is 12.3. The van der Waals surface area contributed by atoms with E-state index < -0.39 is 6.09 Å². The second-order valence-corrected chi connectivity index (χ2v) is 6.91. The minimum absolute atomic E-state index is 0.0910. The van der Waals surface area contributed by atoms with Crippen molar-refractivity contribution in [2.75, 3.05) is 32.7 Å². The molecule has 0 spiro atoms. The second kappa shape index (κ2) is 6.58. The van der Waals surface area contributed by atoms with E-state index in [1.807, 2.05) is 0 Å². The highest BCUT2D eigenvalue weighted by Crippen LogP contribution is 2.39. The quantitative estimate of drug-likeness (QED) is 0.770. The molecule has 0 saturated carbocycles. The van der Waals surface area contributed by atoms with Crippen molar-refractivity contribution in [3.63, 3.8) is 0 Å². The number of nitrogens with one attached hydrogen (secondary N) is 1. The van der Waals surface area contributed by atoms with Crippen LogP contribution in [0.15, 0.2) is 11.1 Å². The third kappa shape index (κ3) is 3.72. The topological polar surface area (TPSA) is 72.9 Å². The summed E-state index contributed by atoms with van der Waals surface area (Å²) in [5, 5.41) is 11.9. The second-order valence-electron chi connectivity index (χ2n) is 6.91. The summed E-state index contributed by atoms with van der Waals surface area (Å²) in [6, 6.07) is -0.0910. The summed E-state index contributed by atoms with van der Waals surface area (Å²) in [6.45, 7) is 8.92. The number of amides is 3. The zero-order chi connectivity index (χ0) is 16.3. The van der Waals surface area contributed by atoms with Crippen LogP contribution in [0.3, 0.4) is 0 Å². The fourth-order valence-electron chi connectivity index (χ4n) is 3.44. The van der Waals surface area contributed by atoms with Gasteiger partial charge in [-0.15, -0.1) is 0 Å². The summed E-state index contributed by atoms with van der Waals surface area (Å²) in [6.07, 6.45) is 2.58. The molecule has 1 aliphatic heterocycles. The van der Waals surface area contributed by atoms with Crippen molar-refractivity contribution >= 4 is 12.1 Å². The Balaban J connectivity index is 1.87. The Morgan fingerprint density at radius 2 is 1.77 bits per heavy atom. The van der Waals surface area contributed by atoms with Crippen LogP contribution in [0.25, 0.3) is 0 Å². The molecule has 1 fully saturated rings. The van der Waals surface area contributed by atoms with Gasteiger partial charge >= 0.3 is 12.1 Å². The molecule has 0 aromatic heterocycles. The highest BCUT2D eigenvalue weighted by molar-refractivity contribution is 5.75. The first-order valence-electron chi connectivity index (χ1n) is 8.01. The summed E-state index contributed by atoms with van der Waals surface area (Å²) >= 11 is 0. The third-order valence-electron chi connectivity index (χ3n) is 4.94. The van der Waals surface area contributed by atoms with Crippen molar-refractivity contribution in [2.45, 2.75) is 40.0 Å². The first-order chi connectivity index (χ1) is 10.3. The molecule has 1 saturated heterocycles. The largest absolute Gasteiger partial charge is 0.465 e. The molecule has 0 unspecified atom stereocenters. The molecule has 0 bridgehead atoms. The smallest absolute Gasteiger partial charge is 0.407 e. The molecule has 6 heteroatoms. The van der Waals surface area contributed by atoms with Crippen LogP contribution >= 0.6 is 0 Å². The van der Waals surface area contributed by atoms with Crippen LogP contribution in [-0.4, -0.2) is 59.8 Å². The number of urea groups is 1. The number of piperazine rings is 1. The number of carbonyl (C=O) groups is 2. The highest BCUT2D eigenvalue weighted by atomic mass is 16.4. The summed E-state index contributed by atoms with van der Waals surface area (Å²) in [7, 11) is 0. The average molecular weight is 309 g/mol. The van der Waals surface area contributed by atoms with E-state index in [4.69, 9.17) is 5.11 Å². The Morgan fingerprint density at radius 1 is 1.18 bits per heavy atom. The molecule has 2 rings (SSSR count). The Labute approximate surface area is 132 Å². The van der Waals surface area contributed by atoms with Crippen LogP contribution in [0.4, 0.5) is 9.59 Å². The highest BCUT2D eigenvalue weighted by Gasteiger charge is 2.29. The lowest BCUT2D eigenvalue weighted by molar-refractivity contribution is 0.112. The standard InChI is InChI=1S/C16H27N3O3/c1-12-5-4-6-16(2,3)13(12)11-17-14(20)18-7-9-19(10-8-18)15(21)22/h4-11H2,1-3H3,(H,17,20)(H,21,22). The van der Waals surface area contributed by atoms with Crippen LogP contribution < -0.4 is 5.32 Å². The summed E-state index contributed by atoms with van der Waals surface area (Å²) < 4.78 is 0. The lowest BCUT2D eigenvalue weighted by atomic mass is 9.73. The fourth-order valence-corrected chi connectivity index (χ4v) is 3.44. The molecule has 3 amide bonds. The van der Waals surface area contributed by atoms with Crippen molar-refractivity contribution in [1.29, 1.82) is 0 Å². The van der Waals surface area contributed by atoms with Gasteiger partial charge in [0.15, 0.2) is 0 Å². The predicted molar refractivity (Wildman–Crippen MR) is 84.9 cm³/mol. The Morgan fingerprint density at radius 3 is 2.32 bits per heavy atom. The molecule has 0 aromatic carbocycles. The van der Waals surface area contributed by atoms with E-state index in [0.29, 0.717) is 32.7 Å². The third-order valence-corrected chi connectivity index (χ3v) is 4.94. The zero-order valence-electron chi connectivity index (χ0n) is 13.8. The van der Waals surface area contributed by atoms with E-state index in [9.17, 15) is 9.59 Å². The Kier molecular flexibility index (Phi) is 4.98. The first kappa shape index (κ1) is 16.6. The van der Waals surface area contributed by atoms with E-state index >= 15 is 0 Å². The maximum atomic E-state index is 12.3. The van der Waals surface area contributed by atoms with E-state index in [0.717, 1.165) is 12.8 Å². The zero-order valence-corrected chi connectivity index (χ0v) is 13.8. The molecule has 124 valence electrons. The van der Waals surface area contributed by atoms with Crippen LogP contribution in [0, 0.1) is 5.41 Å². The van der Waals surface area contributed by atoms with Gasteiger partial charge in [-0.3, -0.25) is 0 Å². The number of hydrogen-bond acceptors (Lipinski definition) is 2. The molecule has 0 atom stereocenters. The van der Waals surface area contributed by atoms with Gasteiger partial charge in [0.25, 0.3) is 0 Å². The molecular formula is C16H27N3O3. The summed E-state index contributed by atoms with van der Waals surface area (Å²) in [5.74, 6) is 0. The molecule has 0 radical (unpaired) electrons. The minimum Gasteiger partial charge on any atom is -0.465 e. The van der Waals surface area contributed by atoms with Crippen molar-refractivity contribution in [1.82, 2.24) is 15.1 Å². The molecule has 1 heterocycles. The van der Waals surface area contributed by atoms with E-state index in [2.05, 4.69) is 26.1 Å². The number of allylic oxidation sites excluding steroid dienone is 1. The summed E-state index contributed by atoms with van der Waals surface area (Å²) in [5.41, 5.74) is 2.89. The fraction of sp³-hybridized carbons (Fsp3) is 0.750. The number of carboxylic acid groups (broad SMARTS) is 1. The first-order valence-corrected chi connectivity index (χ1v) is 8.01. The van der Waals surface area contributed by atoms with Gasteiger partial charge < -0.3 is 20.2 Å². The van der Waals surface area contributed by atoms with Crippen LogP contribution in [-0.2, 0) is 0 Å². The monoisotopic (exact) mass is 309 g/mol. The van der Waals surface area contributed by atoms with Crippen LogP contribution in [0.5, 0.6) is 0 Å². The number of hydrogen-bond donors (Lipinski definition) is 2. The lowest BCUT2D eigenvalue weighted by Crippen LogP contribution is -2.53. The van der Waals surface area contributed by atoms with Gasteiger partial charge in [-0.1, -0.05) is 19.4 Å². The molecule has 1 aliphatic carbocycles. The van der Waals surface area contributed by atoms with Crippen LogP contribution in [0.2, 0.25) is 0 Å². The molecule has 2 N–H and O–H groups in total. The van der Waals surface area contributed by atoms with Gasteiger partial charge in [0, 0.05) is 32.7 Å². The molecule has 2 aliphatic rings. The van der Waals surface area contributed by atoms with E-state index in [-0.39, 0.29) is 11.4 Å². The van der Waals surface area contributed by atoms with E-state index in [1.165, 1.54) is 22.5 Å². The molecule has 22 heavy (non-hydrogen) atoms. The SMILES string of the molecule is CC1=C(CNC(=O)N2CCN(C(=O)O)CC2)C(C)(C)CCC1. The van der Waals surface area contributed by atoms with Gasteiger partial charge in [0.05, 0.1) is 0 Å². The van der Waals surface area contributed by atoms with Gasteiger partial charge in [0.2, 0.25) is 0 Å². The average Bonchev–Trinajstić information content (AvgIpc) is 2.46. The van der Waals surface area contributed by atoms with Crippen molar-refractivity contribution in [3.8, 4) is 0 Å². The lowest BCUT2D eigenvalue weighted by Gasteiger charge is -2.36. The molecule has 0 aromatic rings. The van der Waals surface area contributed by atoms with E-state index in [1.54, 1.807) is 4.90 Å². The number of rotatable bonds is 2. The number of carbonyl (C=O) groups excluding carboxylic acids is 1. The minimum atomic E-state index is -0.912. The summed E-state index contributed by atoms with van der Waals surface area (Å²) in [4.78, 5) is 26.2. The normalized spacial score (nSPS) is 21.8. The van der Waals surface area contributed by atoms with Gasteiger partial charge in [-0.2, -0.15) is 0 Å². The van der Waals surface area contributed by atoms with Crippen molar-refractivity contribution in [2.24, 2.45) is 5.41 Å². The maximum Gasteiger partial charge on any atom is 0.407 e. The molecular weight excluding hydrogens is 282 g/mol. The Bertz CT molecular complexity index is 477. The molecule has 6 nitrogen and oxygen atoms in total. The Hall–Kier alpha value is -1.72. The van der Waals surface area contributed by atoms with Crippen LogP contribution in [0.1, 0.15) is 40.0 Å². The number of nitrogens with zero attached hydrogens (tertiary/aromatic N) is 2. The van der Waals surface area contributed by atoms with Crippen molar-refractivity contribution in [3.05, 3.63) is 11.1 Å². The predicted octanol–water partition coefficient (Wildman–Crippen LogP) is 2.52. The van der Waals surface area contributed by atoms with Gasteiger partial charge in [-0.05, 0) is 37.2 Å². The van der Waals surface area contributed by atoms with Gasteiger partial charge in [-0.25, -0.2) is 9.59 Å².